The van der Waals surface area contributed by atoms with E-state index in [1.165, 1.54) is 0 Å². The van der Waals surface area contributed by atoms with Crippen LogP contribution in [0.15, 0.2) is 60.7 Å². The molecule has 9 nitrogen and oxygen atoms in total. The molecule has 0 heterocycles. The van der Waals surface area contributed by atoms with E-state index in [1.807, 2.05) is 36.4 Å². The quantitative estimate of drug-likeness (QED) is 0.106. The minimum Gasteiger partial charge on any atom is -0.458 e. The van der Waals surface area contributed by atoms with Crippen LogP contribution in [0.4, 0.5) is 9.59 Å². The molecule has 0 radical (unpaired) electrons. The molecule has 0 N–H and O–H groups in total. The van der Waals surface area contributed by atoms with Crippen molar-refractivity contribution in [3.8, 4) is 0 Å². The second-order valence-electron chi connectivity index (χ2n) is 13.3. The van der Waals surface area contributed by atoms with Crippen molar-refractivity contribution >= 4 is 43.1 Å². The molecule has 1 unspecified atom stereocenters. The summed E-state index contributed by atoms with van der Waals surface area (Å²) in [5, 5.41) is 1.84. The molecular formula is C33H47NO8Si. The van der Waals surface area contributed by atoms with Gasteiger partial charge in [0.1, 0.15) is 30.1 Å². The predicted molar refractivity (Wildman–Crippen MR) is 168 cm³/mol. The first-order valence-corrected chi connectivity index (χ1v) is 16.4. The Morgan fingerprint density at radius 1 is 0.744 bits per heavy atom. The van der Waals surface area contributed by atoms with Crippen LogP contribution < -0.4 is 10.4 Å². The zero-order valence-electron chi connectivity index (χ0n) is 27.0. The molecule has 236 valence electrons. The molecule has 0 aromatic heterocycles. The third kappa shape index (κ3) is 10.0. The average molecular weight is 614 g/mol. The van der Waals surface area contributed by atoms with Gasteiger partial charge in [-0.05, 0) is 63.4 Å². The molecular weight excluding hydrogens is 566 g/mol. The molecule has 43 heavy (non-hydrogen) atoms. The maximum Gasteiger partial charge on any atom is 0.420 e. The lowest BCUT2D eigenvalue weighted by Crippen LogP contribution is -2.66. The number of imide groups is 1. The van der Waals surface area contributed by atoms with Crippen LogP contribution in [0.5, 0.6) is 0 Å². The molecule has 0 aliphatic carbocycles. The van der Waals surface area contributed by atoms with Gasteiger partial charge in [-0.3, -0.25) is 0 Å². The standard InChI is InChI=1S/C33H47NO8Si/c1-31(2,3)41-28(36)27(21-16-22-35)34(30(38)42-32(4,5)6)29(37)39-23-24-40-43(33(7,8)9,25-17-12-10-13-18-25)26-19-14-11-15-20-26/h10-15,17-20,22,27H,16,21,23-24H2,1-9H3. The van der Waals surface area contributed by atoms with E-state index in [9.17, 15) is 19.2 Å². The minimum atomic E-state index is -2.90. The Bertz CT molecular complexity index is 1170. The zero-order chi connectivity index (χ0) is 32.5. The number of esters is 1. The number of aldehydes is 1. The molecule has 10 heteroatoms. The second kappa shape index (κ2) is 14.8. The van der Waals surface area contributed by atoms with Crippen LogP contribution in [0.25, 0.3) is 0 Å². The largest absolute Gasteiger partial charge is 0.458 e. The van der Waals surface area contributed by atoms with Crippen LogP contribution in [-0.4, -0.2) is 68.1 Å². The lowest BCUT2D eigenvalue weighted by atomic mass is 10.1. The van der Waals surface area contributed by atoms with Crippen LogP contribution in [0.1, 0.15) is 75.2 Å². The van der Waals surface area contributed by atoms with Gasteiger partial charge in [0, 0.05) is 6.42 Å². The van der Waals surface area contributed by atoms with E-state index in [-0.39, 0.29) is 31.1 Å². The molecule has 0 saturated heterocycles. The van der Waals surface area contributed by atoms with Gasteiger partial charge in [0.05, 0.1) is 6.61 Å². The molecule has 0 bridgehead atoms. The van der Waals surface area contributed by atoms with E-state index >= 15 is 0 Å². The molecule has 0 fully saturated rings. The van der Waals surface area contributed by atoms with Gasteiger partial charge in [0.2, 0.25) is 0 Å². The highest BCUT2D eigenvalue weighted by molar-refractivity contribution is 6.99. The first-order chi connectivity index (χ1) is 19.9. The highest BCUT2D eigenvalue weighted by Gasteiger charge is 2.50. The van der Waals surface area contributed by atoms with E-state index in [0.29, 0.717) is 11.2 Å². The molecule has 2 amide bonds. The minimum absolute atomic E-state index is 0.0343. The summed E-state index contributed by atoms with van der Waals surface area (Å²) in [7, 11) is -2.90. The average Bonchev–Trinajstić information content (AvgIpc) is 2.89. The number of hydrogen-bond acceptors (Lipinski definition) is 8. The number of benzene rings is 2. The van der Waals surface area contributed by atoms with Gasteiger partial charge in [0.15, 0.2) is 0 Å². The zero-order valence-corrected chi connectivity index (χ0v) is 28.0. The van der Waals surface area contributed by atoms with Gasteiger partial charge in [-0.15, -0.1) is 0 Å². The molecule has 2 aromatic rings. The lowest BCUT2D eigenvalue weighted by Gasteiger charge is -2.43. The van der Waals surface area contributed by atoms with Crippen LogP contribution >= 0.6 is 0 Å². The van der Waals surface area contributed by atoms with Gasteiger partial charge in [-0.1, -0.05) is 81.4 Å². The molecule has 2 rings (SSSR count). The summed E-state index contributed by atoms with van der Waals surface area (Å²) in [6.45, 7) is 16.2. The number of hydrogen-bond donors (Lipinski definition) is 0. The number of carbonyl (C=O) groups excluding carboxylic acids is 4. The van der Waals surface area contributed by atoms with Crippen molar-refractivity contribution in [2.24, 2.45) is 0 Å². The van der Waals surface area contributed by atoms with E-state index < -0.39 is 43.7 Å². The van der Waals surface area contributed by atoms with Crippen LogP contribution in [0, 0.1) is 0 Å². The van der Waals surface area contributed by atoms with E-state index in [1.54, 1.807) is 41.5 Å². The third-order valence-electron chi connectivity index (χ3n) is 6.38. The summed E-state index contributed by atoms with van der Waals surface area (Å²) in [4.78, 5) is 51.7. The van der Waals surface area contributed by atoms with Crippen molar-refractivity contribution < 1.29 is 37.8 Å². The summed E-state index contributed by atoms with van der Waals surface area (Å²) in [6.07, 6.45) is -1.80. The van der Waals surface area contributed by atoms with Crippen molar-refractivity contribution in [3.63, 3.8) is 0 Å². The lowest BCUT2D eigenvalue weighted by molar-refractivity contribution is -0.161. The number of ether oxygens (including phenoxy) is 3. The number of rotatable bonds is 11. The first-order valence-electron chi connectivity index (χ1n) is 14.5. The highest BCUT2D eigenvalue weighted by Crippen LogP contribution is 2.36. The van der Waals surface area contributed by atoms with Crippen molar-refractivity contribution in [1.29, 1.82) is 0 Å². The number of carbonyl (C=O) groups is 4. The molecule has 0 aliphatic heterocycles. The Morgan fingerprint density at radius 2 is 1.23 bits per heavy atom. The first kappa shape index (κ1) is 35.7. The Labute approximate surface area is 257 Å². The molecule has 0 aliphatic rings. The Balaban J connectivity index is 2.38. The summed E-state index contributed by atoms with van der Waals surface area (Å²) in [5.41, 5.74) is -1.87. The van der Waals surface area contributed by atoms with Crippen LogP contribution in [0.3, 0.4) is 0 Å². The van der Waals surface area contributed by atoms with E-state index in [4.69, 9.17) is 18.6 Å². The van der Waals surface area contributed by atoms with Gasteiger partial charge in [0.25, 0.3) is 8.32 Å². The second-order valence-corrected chi connectivity index (χ2v) is 17.6. The fourth-order valence-electron chi connectivity index (χ4n) is 4.74. The Kier molecular flexibility index (Phi) is 12.3. The topological polar surface area (TPSA) is 108 Å². The maximum absolute atomic E-state index is 13.5. The normalized spacial score (nSPS) is 13.0. The SMILES string of the molecule is CC(C)(C)OC(=O)C(CCC=O)N(C(=O)OCCO[Si](c1ccccc1)(c1ccccc1)C(C)(C)C)C(=O)OC(C)(C)C. The van der Waals surface area contributed by atoms with Crippen molar-refractivity contribution in [2.45, 2.75) is 97.4 Å². The van der Waals surface area contributed by atoms with Crippen molar-refractivity contribution in [2.75, 3.05) is 13.2 Å². The van der Waals surface area contributed by atoms with E-state index in [2.05, 4.69) is 45.0 Å². The number of nitrogens with zero attached hydrogens (tertiary/aromatic N) is 1. The smallest absolute Gasteiger partial charge is 0.420 e. The predicted octanol–water partition coefficient (Wildman–Crippen LogP) is 5.63. The Morgan fingerprint density at radius 3 is 1.65 bits per heavy atom. The maximum atomic E-state index is 13.5. The monoisotopic (exact) mass is 613 g/mol. The third-order valence-corrected chi connectivity index (χ3v) is 11.4. The van der Waals surface area contributed by atoms with Gasteiger partial charge in [-0.25, -0.2) is 14.4 Å². The molecule has 1 atom stereocenters. The summed E-state index contributed by atoms with van der Waals surface area (Å²) >= 11 is 0. The Hall–Kier alpha value is -3.50. The number of amides is 2. The highest BCUT2D eigenvalue weighted by atomic mass is 28.4. The molecule has 2 aromatic carbocycles. The fourth-order valence-corrected chi connectivity index (χ4v) is 9.29. The molecule has 0 spiro atoms. The summed E-state index contributed by atoms with van der Waals surface area (Å²) in [6, 6.07) is 18.6. The van der Waals surface area contributed by atoms with Crippen molar-refractivity contribution in [1.82, 2.24) is 4.90 Å². The van der Waals surface area contributed by atoms with E-state index in [0.717, 1.165) is 10.4 Å². The van der Waals surface area contributed by atoms with Crippen LogP contribution in [-0.2, 0) is 28.2 Å². The summed E-state index contributed by atoms with van der Waals surface area (Å²) in [5.74, 6) is -0.847. The van der Waals surface area contributed by atoms with Gasteiger partial charge >= 0.3 is 18.2 Å². The fraction of sp³-hybridized carbons (Fsp3) is 0.515. The van der Waals surface area contributed by atoms with Gasteiger partial charge < -0.3 is 23.4 Å². The van der Waals surface area contributed by atoms with Crippen LogP contribution in [0.2, 0.25) is 5.04 Å². The molecule has 0 saturated carbocycles. The van der Waals surface area contributed by atoms with Gasteiger partial charge in [-0.2, -0.15) is 4.90 Å². The summed E-state index contributed by atoms with van der Waals surface area (Å²) < 4.78 is 23.2. The van der Waals surface area contributed by atoms with Crippen molar-refractivity contribution in [3.05, 3.63) is 60.7 Å².